The summed E-state index contributed by atoms with van der Waals surface area (Å²) in [6.07, 6.45) is 2.99. The Morgan fingerprint density at radius 1 is 1.14 bits per heavy atom. The number of amides is 2. The first-order valence-electron chi connectivity index (χ1n) is 14.6. The van der Waals surface area contributed by atoms with Crippen molar-refractivity contribution in [2.45, 2.75) is 50.6 Å². The van der Waals surface area contributed by atoms with Crippen molar-refractivity contribution in [1.29, 1.82) is 0 Å². The van der Waals surface area contributed by atoms with E-state index in [4.69, 9.17) is 9.15 Å². The average molecular weight is 624 g/mol. The Labute approximate surface area is 258 Å². The van der Waals surface area contributed by atoms with Gasteiger partial charge in [0.15, 0.2) is 17.3 Å². The van der Waals surface area contributed by atoms with Gasteiger partial charge in [0.2, 0.25) is 23.0 Å². The topological polar surface area (TPSA) is 151 Å². The quantitative estimate of drug-likeness (QED) is 0.310. The lowest BCUT2D eigenvalue weighted by atomic mass is 9.83. The number of piperidine rings is 1. The van der Waals surface area contributed by atoms with E-state index in [0.717, 1.165) is 18.2 Å². The number of aromatic nitrogens is 1. The molecule has 11 nitrogen and oxygen atoms in total. The van der Waals surface area contributed by atoms with Gasteiger partial charge in [0.05, 0.1) is 13.0 Å². The minimum atomic E-state index is -0.919. The molecule has 5 rings (SSSR count). The number of thioether (sulfide) groups is 1. The lowest BCUT2D eigenvalue weighted by Crippen LogP contribution is -2.55. The van der Waals surface area contributed by atoms with Crippen molar-refractivity contribution in [2.24, 2.45) is 5.92 Å². The van der Waals surface area contributed by atoms with Crippen molar-refractivity contribution in [3.63, 3.8) is 0 Å². The minimum Gasteiger partial charge on any atom is -0.504 e. The first-order valence-corrected chi connectivity index (χ1v) is 16.0. The predicted molar refractivity (Wildman–Crippen MR) is 166 cm³/mol. The van der Waals surface area contributed by atoms with Gasteiger partial charge in [-0.2, -0.15) is 11.8 Å². The zero-order valence-corrected chi connectivity index (χ0v) is 25.8. The molecule has 0 aliphatic carbocycles. The number of nitrogens with one attached hydrogen (secondary N) is 1. The molecule has 44 heavy (non-hydrogen) atoms. The lowest BCUT2D eigenvalue weighted by molar-refractivity contribution is -0.139. The van der Waals surface area contributed by atoms with Gasteiger partial charge in [-0.1, -0.05) is 12.1 Å². The van der Waals surface area contributed by atoms with Crippen LogP contribution in [0.2, 0.25) is 0 Å². The number of carbonyl (C=O) groups is 2. The zero-order valence-electron chi connectivity index (χ0n) is 24.9. The largest absolute Gasteiger partial charge is 0.504 e. The highest BCUT2D eigenvalue weighted by atomic mass is 32.2. The highest BCUT2D eigenvalue weighted by Crippen LogP contribution is 2.38. The molecule has 2 aromatic heterocycles. The maximum absolute atomic E-state index is 13.9. The summed E-state index contributed by atoms with van der Waals surface area (Å²) in [4.78, 5) is 54.3. The summed E-state index contributed by atoms with van der Waals surface area (Å²) in [5.41, 5.74) is 0.719. The van der Waals surface area contributed by atoms with Crippen LogP contribution in [0.5, 0.6) is 17.2 Å². The van der Waals surface area contributed by atoms with Crippen molar-refractivity contribution in [1.82, 2.24) is 14.8 Å². The van der Waals surface area contributed by atoms with Crippen molar-refractivity contribution in [3.8, 4) is 17.2 Å². The second-order valence-electron chi connectivity index (χ2n) is 11.5. The molecule has 2 bridgehead atoms. The Kier molecular flexibility index (Phi) is 9.38. The van der Waals surface area contributed by atoms with Crippen LogP contribution in [0.4, 0.5) is 0 Å². The van der Waals surface area contributed by atoms with Crippen LogP contribution in [0.3, 0.4) is 0 Å². The van der Waals surface area contributed by atoms with E-state index in [1.165, 1.54) is 19.2 Å². The molecule has 12 heteroatoms. The van der Waals surface area contributed by atoms with Crippen LogP contribution in [0, 0.1) is 12.8 Å². The minimum absolute atomic E-state index is 0.0293. The van der Waals surface area contributed by atoms with Crippen molar-refractivity contribution in [3.05, 3.63) is 85.8 Å². The summed E-state index contributed by atoms with van der Waals surface area (Å²) in [5.74, 6) is -1.17. The number of hydrogen-bond acceptors (Lipinski definition) is 9. The Hall–Kier alpha value is -4.19. The maximum Gasteiger partial charge on any atom is 0.250 e. The van der Waals surface area contributed by atoms with E-state index in [9.17, 15) is 29.4 Å². The smallest absolute Gasteiger partial charge is 0.250 e. The van der Waals surface area contributed by atoms with E-state index >= 15 is 0 Å². The molecule has 1 aromatic carbocycles. The number of phenolic OH excluding ortho intramolecular Hbond substituents is 1. The number of ether oxygens (including phenoxy) is 1. The van der Waals surface area contributed by atoms with E-state index < -0.39 is 29.0 Å². The monoisotopic (exact) mass is 623 g/mol. The van der Waals surface area contributed by atoms with Crippen LogP contribution < -0.4 is 21.0 Å². The molecule has 0 saturated carbocycles. The molecule has 3 N–H and O–H groups in total. The molecule has 0 spiro atoms. The van der Waals surface area contributed by atoms with Crippen LogP contribution in [-0.2, 0) is 16.1 Å². The summed E-state index contributed by atoms with van der Waals surface area (Å²) in [7, 11) is 1.39. The summed E-state index contributed by atoms with van der Waals surface area (Å²) in [6.45, 7) is 3.08. The number of methoxy groups -OCH3 is 1. The number of aromatic hydroxyl groups is 2. The number of rotatable bonds is 10. The van der Waals surface area contributed by atoms with Crippen LogP contribution in [0.1, 0.15) is 53.9 Å². The first kappa shape index (κ1) is 31.2. The van der Waals surface area contributed by atoms with Gasteiger partial charge in [0.1, 0.15) is 11.8 Å². The zero-order chi connectivity index (χ0) is 31.5. The first-order chi connectivity index (χ1) is 21.1. The molecule has 2 aliphatic heterocycles. The summed E-state index contributed by atoms with van der Waals surface area (Å²) < 4.78 is 12.8. The highest BCUT2D eigenvalue weighted by molar-refractivity contribution is 7.98. The van der Waals surface area contributed by atoms with Gasteiger partial charge in [-0.25, -0.2) is 0 Å². The third kappa shape index (κ3) is 6.50. The van der Waals surface area contributed by atoms with Gasteiger partial charge in [0.25, 0.3) is 5.56 Å². The molecule has 2 aliphatic rings. The molecule has 1 saturated heterocycles. The fourth-order valence-corrected chi connectivity index (χ4v) is 6.83. The van der Waals surface area contributed by atoms with Crippen LogP contribution in [-0.4, -0.2) is 69.7 Å². The average Bonchev–Trinajstić information content (AvgIpc) is 3.00. The van der Waals surface area contributed by atoms with E-state index in [2.05, 4.69) is 5.32 Å². The number of benzene rings is 1. The standard InChI is InChI=1S/C32H37N3O8S/c1-18-11-26(37)30(40)31(43-18)22(20-7-8-25(36)27(13-20)42-2)14-28(38)33-23(9-10-44-3)32(41)34-15-19-12-21(17-34)24-5-4-6-29(39)35(24)16-19/h4-8,11,13,19,21-23,36,40H,9-10,12,14-17H2,1-3H3,(H,33,38)/t19-,21+,22-,23+/m1/s1. The number of carbonyl (C=O) groups excluding carboxylic acids is 2. The summed E-state index contributed by atoms with van der Waals surface area (Å²) in [5, 5.41) is 23.7. The number of hydrogen-bond donors (Lipinski definition) is 3. The Balaban J connectivity index is 1.39. The summed E-state index contributed by atoms with van der Waals surface area (Å²) >= 11 is 1.57. The van der Waals surface area contributed by atoms with Crippen molar-refractivity contribution in [2.75, 3.05) is 32.2 Å². The van der Waals surface area contributed by atoms with Gasteiger partial charge < -0.3 is 34.2 Å². The molecular weight excluding hydrogens is 586 g/mol. The van der Waals surface area contributed by atoms with Gasteiger partial charge in [-0.3, -0.25) is 19.2 Å². The third-order valence-electron chi connectivity index (χ3n) is 8.42. The van der Waals surface area contributed by atoms with Crippen molar-refractivity contribution < 1.29 is 29.0 Å². The molecule has 3 aromatic rings. The highest BCUT2D eigenvalue weighted by Gasteiger charge is 2.38. The second kappa shape index (κ2) is 13.2. The number of likely N-dealkylation sites (tertiary alicyclic amines) is 1. The molecule has 4 heterocycles. The van der Waals surface area contributed by atoms with Crippen LogP contribution >= 0.6 is 11.8 Å². The Morgan fingerprint density at radius 2 is 1.93 bits per heavy atom. The number of nitrogens with zero attached hydrogens (tertiary/aromatic N) is 2. The predicted octanol–water partition coefficient (Wildman–Crippen LogP) is 2.94. The van der Waals surface area contributed by atoms with Gasteiger partial charge in [-0.15, -0.1) is 0 Å². The van der Waals surface area contributed by atoms with E-state index in [1.54, 1.807) is 41.8 Å². The fraction of sp³-hybridized carbons (Fsp3) is 0.438. The van der Waals surface area contributed by atoms with E-state index in [0.29, 0.717) is 37.4 Å². The Morgan fingerprint density at radius 3 is 2.68 bits per heavy atom. The fourth-order valence-electron chi connectivity index (χ4n) is 6.36. The van der Waals surface area contributed by atoms with Gasteiger partial charge in [0, 0.05) is 49.8 Å². The van der Waals surface area contributed by atoms with Gasteiger partial charge in [-0.05, 0) is 61.5 Å². The normalized spacial score (nSPS) is 18.7. The SMILES string of the molecule is COc1cc([C@@H](CC(=O)N[C@@H](CCSC)C(=O)N2C[C@H]3C[C@@H](C2)c2cccc(=O)n2C3)c2oc(C)cc(=O)c2O)ccc1O. The molecular formula is C32H37N3O8S. The number of pyridine rings is 1. The second-order valence-corrected chi connectivity index (χ2v) is 12.5. The molecule has 0 radical (unpaired) electrons. The molecule has 234 valence electrons. The summed E-state index contributed by atoms with van der Waals surface area (Å²) in [6, 6.07) is 10.1. The van der Waals surface area contributed by atoms with Crippen LogP contribution in [0.25, 0.3) is 0 Å². The number of fused-ring (bicyclic) bond motifs is 4. The maximum atomic E-state index is 13.9. The van der Waals surface area contributed by atoms with E-state index in [1.807, 2.05) is 16.9 Å². The number of phenols is 1. The number of aryl methyl sites for hydroxylation is 1. The van der Waals surface area contributed by atoms with E-state index in [-0.39, 0.29) is 52.7 Å². The Bertz CT molecular complexity index is 1670. The third-order valence-corrected chi connectivity index (χ3v) is 9.06. The van der Waals surface area contributed by atoms with Gasteiger partial charge >= 0.3 is 0 Å². The van der Waals surface area contributed by atoms with Crippen molar-refractivity contribution >= 4 is 23.6 Å². The lowest BCUT2D eigenvalue weighted by Gasteiger charge is -2.43. The molecule has 0 unspecified atom stereocenters. The molecule has 2 amide bonds. The van der Waals surface area contributed by atoms with Crippen LogP contribution in [0.15, 0.2) is 56.5 Å². The molecule has 4 atom stereocenters. The molecule has 1 fully saturated rings.